The zero-order chi connectivity index (χ0) is 12.8. The average molecular weight is 248 g/mol. The van der Waals surface area contributed by atoms with Gasteiger partial charge >= 0.3 is 0 Å². The maximum atomic E-state index is 5.53. The van der Waals surface area contributed by atoms with Crippen molar-refractivity contribution in [3.8, 4) is 5.75 Å². The molecule has 1 heterocycles. The first-order valence-electron chi connectivity index (χ1n) is 6.91. The predicted molar refractivity (Wildman–Crippen MR) is 75.0 cm³/mol. The number of hydrogen-bond donors (Lipinski definition) is 1. The highest BCUT2D eigenvalue weighted by molar-refractivity contribution is 5.28. The summed E-state index contributed by atoms with van der Waals surface area (Å²) in [5.74, 6) is 0.974. The number of nitrogens with zero attached hydrogens (tertiary/aromatic N) is 1. The van der Waals surface area contributed by atoms with Crippen molar-refractivity contribution >= 4 is 0 Å². The van der Waals surface area contributed by atoms with E-state index in [1.807, 2.05) is 13.0 Å². The fraction of sp³-hybridized carbons (Fsp3) is 0.600. The normalized spacial score (nSPS) is 19.4. The molecule has 2 rings (SSSR count). The summed E-state index contributed by atoms with van der Waals surface area (Å²) in [4.78, 5) is 2.38. The third kappa shape index (κ3) is 4.00. The molecule has 0 aromatic heterocycles. The van der Waals surface area contributed by atoms with Crippen molar-refractivity contribution in [2.45, 2.75) is 32.4 Å². The molecule has 0 saturated carbocycles. The van der Waals surface area contributed by atoms with Crippen LogP contribution in [0.15, 0.2) is 24.3 Å². The largest absolute Gasteiger partial charge is 0.494 e. The van der Waals surface area contributed by atoms with Gasteiger partial charge in [-0.1, -0.05) is 12.1 Å². The molecule has 0 aliphatic carbocycles. The summed E-state index contributed by atoms with van der Waals surface area (Å²) < 4.78 is 5.53. The standard InChI is InChI=1S/C15H24N2O/c1-3-18-15-8-4-6-13(10-15)11-17(2)12-14-7-5-9-16-14/h4,6,8,10,14,16H,3,5,7,9,11-12H2,1-2H3. The van der Waals surface area contributed by atoms with Crippen LogP contribution in [0.2, 0.25) is 0 Å². The Hall–Kier alpha value is -1.06. The molecule has 0 radical (unpaired) electrons. The SMILES string of the molecule is CCOc1cccc(CN(C)CC2CCCN2)c1. The van der Waals surface area contributed by atoms with Crippen LogP contribution in [0.3, 0.4) is 0 Å². The van der Waals surface area contributed by atoms with Gasteiger partial charge < -0.3 is 15.0 Å². The summed E-state index contributed by atoms with van der Waals surface area (Å²) in [7, 11) is 2.19. The molecule has 1 saturated heterocycles. The van der Waals surface area contributed by atoms with Gasteiger partial charge in [-0.2, -0.15) is 0 Å². The monoisotopic (exact) mass is 248 g/mol. The first-order valence-corrected chi connectivity index (χ1v) is 6.91. The molecule has 3 heteroatoms. The number of benzene rings is 1. The molecular weight excluding hydrogens is 224 g/mol. The van der Waals surface area contributed by atoms with Crippen molar-refractivity contribution in [3.63, 3.8) is 0 Å². The molecule has 0 spiro atoms. The van der Waals surface area contributed by atoms with Crippen LogP contribution in [0, 0.1) is 0 Å². The van der Waals surface area contributed by atoms with Gasteiger partial charge in [-0.15, -0.1) is 0 Å². The van der Waals surface area contributed by atoms with Crippen LogP contribution in [0.1, 0.15) is 25.3 Å². The van der Waals surface area contributed by atoms with E-state index in [0.717, 1.165) is 25.4 Å². The number of nitrogens with one attached hydrogen (secondary N) is 1. The van der Waals surface area contributed by atoms with E-state index in [4.69, 9.17) is 4.74 Å². The van der Waals surface area contributed by atoms with Crippen molar-refractivity contribution in [1.29, 1.82) is 0 Å². The molecule has 1 unspecified atom stereocenters. The lowest BCUT2D eigenvalue weighted by molar-refractivity contribution is 0.292. The third-order valence-electron chi connectivity index (χ3n) is 3.36. The van der Waals surface area contributed by atoms with Gasteiger partial charge in [0, 0.05) is 19.1 Å². The molecule has 0 bridgehead atoms. The Labute approximate surface area is 110 Å². The minimum atomic E-state index is 0.671. The van der Waals surface area contributed by atoms with E-state index in [1.54, 1.807) is 0 Å². The summed E-state index contributed by atoms with van der Waals surface area (Å²) in [5, 5.41) is 3.54. The highest BCUT2D eigenvalue weighted by Gasteiger charge is 2.15. The fourth-order valence-corrected chi connectivity index (χ4v) is 2.57. The topological polar surface area (TPSA) is 24.5 Å². The van der Waals surface area contributed by atoms with E-state index < -0.39 is 0 Å². The first-order chi connectivity index (χ1) is 8.78. The second-order valence-corrected chi connectivity index (χ2v) is 5.07. The van der Waals surface area contributed by atoms with Crippen LogP contribution in [0.4, 0.5) is 0 Å². The lowest BCUT2D eigenvalue weighted by Gasteiger charge is -2.21. The molecule has 3 nitrogen and oxygen atoms in total. The zero-order valence-electron chi connectivity index (χ0n) is 11.5. The molecule has 1 aromatic rings. The van der Waals surface area contributed by atoms with Crippen LogP contribution in [0.5, 0.6) is 5.75 Å². The minimum Gasteiger partial charge on any atom is -0.494 e. The van der Waals surface area contributed by atoms with Gasteiger partial charge in [0.05, 0.1) is 6.61 Å². The van der Waals surface area contributed by atoms with E-state index in [9.17, 15) is 0 Å². The van der Waals surface area contributed by atoms with Crippen molar-refractivity contribution in [1.82, 2.24) is 10.2 Å². The van der Waals surface area contributed by atoms with Crippen molar-refractivity contribution in [2.24, 2.45) is 0 Å². The van der Waals surface area contributed by atoms with Gasteiger partial charge in [0.1, 0.15) is 5.75 Å². The summed E-state index contributed by atoms with van der Waals surface area (Å²) in [6, 6.07) is 9.07. The molecule has 1 atom stereocenters. The zero-order valence-corrected chi connectivity index (χ0v) is 11.5. The predicted octanol–water partition coefficient (Wildman–Crippen LogP) is 2.27. The Bertz CT molecular complexity index is 361. The highest BCUT2D eigenvalue weighted by atomic mass is 16.5. The number of ether oxygens (including phenoxy) is 1. The molecule has 100 valence electrons. The van der Waals surface area contributed by atoms with Gasteiger partial charge in [0.2, 0.25) is 0 Å². The summed E-state index contributed by atoms with van der Waals surface area (Å²) in [5.41, 5.74) is 1.32. The molecule has 1 aliphatic heterocycles. The summed E-state index contributed by atoms with van der Waals surface area (Å²) in [6.07, 6.45) is 2.63. The molecule has 1 aliphatic rings. The van der Waals surface area contributed by atoms with Gasteiger partial charge in [-0.3, -0.25) is 0 Å². The average Bonchev–Trinajstić information content (AvgIpc) is 2.82. The van der Waals surface area contributed by atoms with Crippen molar-refractivity contribution in [2.75, 3.05) is 26.7 Å². The number of likely N-dealkylation sites (N-methyl/N-ethyl adjacent to an activating group) is 1. The van der Waals surface area contributed by atoms with Crippen molar-refractivity contribution < 1.29 is 4.74 Å². The Morgan fingerprint density at radius 3 is 3.06 bits per heavy atom. The lowest BCUT2D eigenvalue weighted by Crippen LogP contribution is -2.34. The Kier molecular flexibility index (Phi) is 5.02. The van der Waals surface area contributed by atoms with Gasteiger partial charge in [-0.05, 0) is 51.1 Å². The smallest absolute Gasteiger partial charge is 0.119 e. The summed E-state index contributed by atoms with van der Waals surface area (Å²) in [6.45, 7) is 6.03. The maximum absolute atomic E-state index is 5.53. The maximum Gasteiger partial charge on any atom is 0.119 e. The fourth-order valence-electron chi connectivity index (χ4n) is 2.57. The molecular formula is C15H24N2O. The Morgan fingerprint density at radius 2 is 2.33 bits per heavy atom. The number of hydrogen-bond acceptors (Lipinski definition) is 3. The van der Waals surface area contributed by atoms with Crippen LogP contribution < -0.4 is 10.1 Å². The van der Waals surface area contributed by atoms with Crippen LogP contribution in [-0.2, 0) is 6.54 Å². The van der Waals surface area contributed by atoms with E-state index in [0.29, 0.717) is 6.04 Å². The molecule has 1 N–H and O–H groups in total. The Morgan fingerprint density at radius 1 is 1.44 bits per heavy atom. The first kappa shape index (κ1) is 13.4. The van der Waals surface area contributed by atoms with E-state index in [-0.39, 0.29) is 0 Å². The minimum absolute atomic E-state index is 0.671. The van der Waals surface area contributed by atoms with Gasteiger partial charge in [-0.25, -0.2) is 0 Å². The molecule has 0 amide bonds. The molecule has 18 heavy (non-hydrogen) atoms. The summed E-state index contributed by atoms with van der Waals surface area (Å²) >= 11 is 0. The second-order valence-electron chi connectivity index (χ2n) is 5.07. The van der Waals surface area contributed by atoms with Crippen molar-refractivity contribution in [3.05, 3.63) is 29.8 Å². The van der Waals surface area contributed by atoms with Crippen LogP contribution in [-0.4, -0.2) is 37.7 Å². The molecule has 1 aromatic carbocycles. The van der Waals surface area contributed by atoms with Crippen LogP contribution in [0.25, 0.3) is 0 Å². The van der Waals surface area contributed by atoms with Gasteiger partial charge in [0.25, 0.3) is 0 Å². The van der Waals surface area contributed by atoms with E-state index in [1.165, 1.54) is 24.9 Å². The lowest BCUT2D eigenvalue weighted by atomic mass is 10.2. The van der Waals surface area contributed by atoms with E-state index >= 15 is 0 Å². The van der Waals surface area contributed by atoms with E-state index in [2.05, 4.69) is 35.5 Å². The number of rotatable bonds is 6. The highest BCUT2D eigenvalue weighted by Crippen LogP contribution is 2.15. The second kappa shape index (κ2) is 6.76. The molecule has 1 fully saturated rings. The Balaban J connectivity index is 1.85. The quantitative estimate of drug-likeness (QED) is 0.836. The van der Waals surface area contributed by atoms with Gasteiger partial charge in [0.15, 0.2) is 0 Å². The van der Waals surface area contributed by atoms with Crippen LogP contribution >= 0.6 is 0 Å². The third-order valence-corrected chi connectivity index (χ3v) is 3.36.